The topological polar surface area (TPSA) is 53.8 Å². The molecule has 31 heavy (non-hydrogen) atoms. The Morgan fingerprint density at radius 1 is 1.06 bits per heavy atom. The van der Waals surface area contributed by atoms with E-state index in [1.165, 1.54) is 6.07 Å². The quantitative estimate of drug-likeness (QED) is 0.301. The summed E-state index contributed by atoms with van der Waals surface area (Å²) in [6.07, 6.45) is 5.71. The number of anilines is 1. The Morgan fingerprint density at radius 3 is 2.42 bits per heavy atom. The highest BCUT2D eigenvalue weighted by Crippen LogP contribution is 2.19. The van der Waals surface area contributed by atoms with E-state index < -0.39 is 0 Å². The highest BCUT2D eigenvalue weighted by atomic mass is 19.1. The Balaban J connectivity index is 2.30. The lowest BCUT2D eigenvalue weighted by Crippen LogP contribution is -2.20. The van der Waals surface area contributed by atoms with Crippen LogP contribution in [-0.4, -0.2) is 17.3 Å². The molecule has 0 aliphatic carbocycles. The average molecular weight is 420 g/mol. The number of Topliss-reactive ketones (excluding diaryl/α,β-unsaturated/α-hetero) is 1. The van der Waals surface area contributed by atoms with Crippen LogP contribution in [0.3, 0.4) is 0 Å². The Kier molecular flexibility index (Phi) is 8.62. The van der Waals surface area contributed by atoms with Crippen LogP contribution < -0.4 is 5.32 Å². The zero-order valence-electron chi connectivity index (χ0n) is 19.1. The first-order chi connectivity index (χ1) is 14.8. The lowest BCUT2D eigenvalue weighted by atomic mass is 10.0. The monoisotopic (exact) mass is 419 g/mol. The van der Waals surface area contributed by atoms with Gasteiger partial charge in [-0.05, 0) is 81.1 Å². The van der Waals surface area contributed by atoms with Gasteiger partial charge in [0.2, 0.25) is 0 Å². The zero-order chi connectivity index (χ0) is 23.0. The summed E-state index contributed by atoms with van der Waals surface area (Å²) >= 11 is 0. The van der Waals surface area contributed by atoms with E-state index in [1.807, 2.05) is 65.0 Å². The lowest BCUT2D eigenvalue weighted by molar-refractivity contribution is 0.0987. The second kappa shape index (κ2) is 11.2. The number of carbonyl (C=O) groups excluding carboxylic acids is 1. The normalized spacial score (nSPS) is 13.1. The third kappa shape index (κ3) is 6.57. The molecule has 0 radical (unpaired) electrons. The second-order valence-electron chi connectivity index (χ2n) is 7.38. The van der Waals surface area contributed by atoms with Crippen LogP contribution in [0.4, 0.5) is 10.1 Å². The number of ketones is 1. The molecule has 0 aliphatic heterocycles. The molecule has 0 amide bonds. The molecule has 0 aromatic heterocycles. The fourth-order valence-corrected chi connectivity index (χ4v) is 2.91. The molecule has 4 nitrogen and oxygen atoms in total. The molecule has 0 aliphatic rings. The van der Waals surface area contributed by atoms with Gasteiger partial charge in [-0.3, -0.25) is 9.79 Å². The smallest absolute Gasteiger partial charge is 0.162 e. The predicted molar refractivity (Wildman–Crippen MR) is 130 cm³/mol. The molecule has 0 atom stereocenters. The lowest BCUT2D eigenvalue weighted by Gasteiger charge is -2.11. The molecule has 162 valence electrons. The third-order valence-electron chi connectivity index (χ3n) is 4.89. The van der Waals surface area contributed by atoms with Crippen molar-refractivity contribution in [3.05, 3.63) is 82.9 Å². The standard InChI is InChI=1S/C26H30FN3O/c1-7-13-28-26(30-22-11-12-23(18(4)14-22)25(31)8-2)20(6)29-16-19(5)21-10-9-17(3)24(27)15-21/h7,9-16H,8H2,1-6H3,(H,28,30)/b13-7-,19-16+,29-20?. The molecule has 0 unspecified atom stereocenters. The number of benzene rings is 2. The molecule has 0 fully saturated rings. The first-order valence-corrected chi connectivity index (χ1v) is 10.3. The Bertz CT molecular complexity index is 1080. The maximum atomic E-state index is 13.9. The molecule has 0 spiro atoms. The van der Waals surface area contributed by atoms with Crippen molar-refractivity contribution in [2.45, 2.75) is 48.0 Å². The van der Waals surface area contributed by atoms with Gasteiger partial charge in [0.25, 0.3) is 0 Å². The van der Waals surface area contributed by atoms with Crippen molar-refractivity contribution in [1.82, 2.24) is 0 Å². The molecule has 1 N–H and O–H groups in total. The highest BCUT2D eigenvalue weighted by Gasteiger charge is 2.09. The Hall–Kier alpha value is -3.34. The van der Waals surface area contributed by atoms with Gasteiger partial charge in [-0.15, -0.1) is 0 Å². The first-order valence-electron chi connectivity index (χ1n) is 10.3. The molecular weight excluding hydrogens is 389 g/mol. The molecular formula is C26H30FN3O. The van der Waals surface area contributed by atoms with Crippen LogP contribution in [0, 0.1) is 19.7 Å². The minimum absolute atomic E-state index is 0.123. The summed E-state index contributed by atoms with van der Waals surface area (Å²) in [7, 11) is 0. The van der Waals surface area contributed by atoms with E-state index in [9.17, 15) is 9.18 Å². The van der Waals surface area contributed by atoms with Gasteiger partial charge in [0, 0.05) is 30.1 Å². The van der Waals surface area contributed by atoms with Crippen molar-refractivity contribution in [3.8, 4) is 0 Å². The van der Waals surface area contributed by atoms with Gasteiger partial charge in [0.05, 0.1) is 5.71 Å². The number of amidine groups is 1. The summed E-state index contributed by atoms with van der Waals surface area (Å²) in [6.45, 7) is 11.2. The van der Waals surface area contributed by atoms with Crippen molar-refractivity contribution in [3.63, 3.8) is 0 Å². The van der Waals surface area contributed by atoms with Crippen LogP contribution in [0.15, 0.2) is 64.9 Å². The number of rotatable bonds is 7. The summed E-state index contributed by atoms with van der Waals surface area (Å²) in [5.41, 5.74) is 5.39. The van der Waals surface area contributed by atoms with E-state index in [2.05, 4.69) is 15.3 Å². The Labute approximate surface area is 184 Å². The van der Waals surface area contributed by atoms with Gasteiger partial charge < -0.3 is 5.32 Å². The van der Waals surface area contributed by atoms with Crippen LogP contribution in [0.5, 0.6) is 0 Å². The van der Waals surface area contributed by atoms with Crippen LogP contribution in [-0.2, 0) is 0 Å². The van der Waals surface area contributed by atoms with E-state index in [-0.39, 0.29) is 11.6 Å². The molecule has 0 saturated carbocycles. The highest BCUT2D eigenvalue weighted by molar-refractivity contribution is 6.45. The van der Waals surface area contributed by atoms with Crippen LogP contribution in [0.2, 0.25) is 0 Å². The number of allylic oxidation sites excluding steroid dienone is 2. The van der Waals surface area contributed by atoms with Crippen molar-refractivity contribution >= 4 is 28.6 Å². The fourth-order valence-electron chi connectivity index (χ4n) is 2.91. The zero-order valence-corrected chi connectivity index (χ0v) is 19.1. The van der Waals surface area contributed by atoms with E-state index in [4.69, 9.17) is 0 Å². The number of aryl methyl sites for hydroxylation is 2. The second-order valence-corrected chi connectivity index (χ2v) is 7.38. The van der Waals surface area contributed by atoms with Crippen LogP contribution in [0.25, 0.3) is 5.57 Å². The van der Waals surface area contributed by atoms with Crippen molar-refractivity contribution in [1.29, 1.82) is 0 Å². The van der Waals surface area contributed by atoms with Gasteiger partial charge in [-0.2, -0.15) is 0 Å². The van der Waals surface area contributed by atoms with E-state index in [0.717, 1.165) is 28.0 Å². The Morgan fingerprint density at radius 2 is 1.81 bits per heavy atom. The SMILES string of the molecule is C/C=C\N=C(Nc1ccc(C(=O)CC)c(C)c1)C(C)=N/C=C(\C)c1ccc(C)c(F)c1. The van der Waals surface area contributed by atoms with Gasteiger partial charge >= 0.3 is 0 Å². The van der Waals surface area contributed by atoms with E-state index in [1.54, 1.807) is 25.4 Å². The van der Waals surface area contributed by atoms with Gasteiger partial charge in [-0.25, -0.2) is 9.38 Å². The van der Waals surface area contributed by atoms with Gasteiger partial charge in [0.15, 0.2) is 11.6 Å². The largest absolute Gasteiger partial charge is 0.339 e. The molecule has 0 heterocycles. The molecule has 2 aromatic carbocycles. The van der Waals surface area contributed by atoms with Crippen molar-refractivity contribution in [2.24, 2.45) is 9.98 Å². The van der Waals surface area contributed by atoms with E-state index >= 15 is 0 Å². The molecule has 2 rings (SSSR count). The minimum Gasteiger partial charge on any atom is -0.339 e. The number of aliphatic imine (C=N–C) groups is 2. The van der Waals surface area contributed by atoms with Crippen molar-refractivity contribution < 1.29 is 9.18 Å². The molecule has 5 heteroatoms. The van der Waals surface area contributed by atoms with Crippen LogP contribution in [0.1, 0.15) is 61.2 Å². The van der Waals surface area contributed by atoms with Crippen LogP contribution >= 0.6 is 0 Å². The summed E-state index contributed by atoms with van der Waals surface area (Å²) in [4.78, 5) is 21.0. The number of hydrogen-bond donors (Lipinski definition) is 1. The number of carbonyl (C=O) groups is 1. The number of halogens is 1. The third-order valence-corrected chi connectivity index (χ3v) is 4.89. The number of hydrogen-bond acceptors (Lipinski definition) is 3. The fraction of sp³-hybridized carbons (Fsp3) is 0.269. The average Bonchev–Trinajstić information content (AvgIpc) is 2.76. The summed E-state index contributed by atoms with van der Waals surface area (Å²) in [5.74, 6) is 0.479. The summed E-state index contributed by atoms with van der Waals surface area (Å²) in [6, 6.07) is 10.8. The summed E-state index contributed by atoms with van der Waals surface area (Å²) in [5, 5.41) is 3.29. The number of nitrogens with zero attached hydrogens (tertiary/aromatic N) is 2. The molecule has 0 bridgehead atoms. The van der Waals surface area contributed by atoms with E-state index in [0.29, 0.717) is 23.5 Å². The first kappa shape index (κ1) is 23.9. The van der Waals surface area contributed by atoms with Gasteiger partial charge in [0.1, 0.15) is 5.82 Å². The van der Waals surface area contributed by atoms with Crippen molar-refractivity contribution in [2.75, 3.05) is 5.32 Å². The summed E-state index contributed by atoms with van der Waals surface area (Å²) < 4.78 is 13.9. The maximum absolute atomic E-state index is 13.9. The van der Waals surface area contributed by atoms with Gasteiger partial charge in [-0.1, -0.05) is 25.1 Å². The molecule has 0 saturated heterocycles. The number of nitrogens with one attached hydrogen (secondary N) is 1. The predicted octanol–water partition coefficient (Wildman–Crippen LogP) is 6.90. The maximum Gasteiger partial charge on any atom is 0.162 e. The molecule has 2 aromatic rings. The minimum atomic E-state index is -0.233.